The molecule has 1 N–H and O–H groups in total. The lowest BCUT2D eigenvalue weighted by molar-refractivity contribution is -0.123. The third-order valence-electron chi connectivity index (χ3n) is 3.16. The number of amides is 1. The molecule has 1 unspecified atom stereocenters. The number of hydrogen-bond acceptors (Lipinski definition) is 2. The van der Waals surface area contributed by atoms with Gasteiger partial charge in [0.2, 0.25) is 5.91 Å². The summed E-state index contributed by atoms with van der Waals surface area (Å²) in [6, 6.07) is 7.56. The van der Waals surface area contributed by atoms with Crippen LogP contribution in [0, 0.1) is 5.92 Å². The smallest absolute Gasteiger partial charge is 0.220 e. The van der Waals surface area contributed by atoms with Gasteiger partial charge in [-0.15, -0.1) is 0 Å². The highest BCUT2D eigenvalue weighted by Gasteiger charge is 2.17. The van der Waals surface area contributed by atoms with Crippen LogP contribution in [0.3, 0.4) is 0 Å². The van der Waals surface area contributed by atoms with Crippen molar-refractivity contribution in [2.75, 3.05) is 13.2 Å². The Morgan fingerprint density at radius 3 is 3.00 bits per heavy atom. The SMILES string of the molecule is O=C(CC1CCCOC1)NCc1ccccc1Cl. The highest BCUT2D eigenvalue weighted by atomic mass is 35.5. The molecule has 1 aliphatic rings. The van der Waals surface area contributed by atoms with Crippen molar-refractivity contribution in [3.8, 4) is 0 Å². The Hall–Kier alpha value is -1.06. The number of ether oxygens (including phenoxy) is 1. The van der Waals surface area contributed by atoms with Crippen LogP contribution in [0.5, 0.6) is 0 Å². The standard InChI is InChI=1S/C14H18ClNO2/c15-13-6-2-1-5-12(13)9-16-14(17)8-11-4-3-7-18-10-11/h1-2,5-6,11H,3-4,7-10H2,(H,16,17). The van der Waals surface area contributed by atoms with E-state index in [1.54, 1.807) is 0 Å². The molecular weight excluding hydrogens is 250 g/mol. The molecule has 0 saturated carbocycles. The Labute approximate surface area is 112 Å². The van der Waals surface area contributed by atoms with Crippen molar-refractivity contribution in [3.05, 3.63) is 34.9 Å². The lowest BCUT2D eigenvalue weighted by Gasteiger charge is -2.21. The van der Waals surface area contributed by atoms with E-state index in [1.165, 1.54) is 0 Å². The molecule has 2 rings (SSSR count). The second-order valence-corrected chi connectivity index (χ2v) is 5.06. The van der Waals surface area contributed by atoms with Gasteiger partial charge < -0.3 is 10.1 Å². The lowest BCUT2D eigenvalue weighted by atomic mass is 9.98. The van der Waals surface area contributed by atoms with Crippen LogP contribution in [0.2, 0.25) is 5.02 Å². The van der Waals surface area contributed by atoms with Crippen LogP contribution in [-0.2, 0) is 16.1 Å². The summed E-state index contributed by atoms with van der Waals surface area (Å²) < 4.78 is 5.36. The summed E-state index contributed by atoms with van der Waals surface area (Å²) in [7, 11) is 0. The highest BCUT2D eigenvalue weighted by molar-refractivity contribution is 6.31. The van der Waals surface area contributed by atoms with Gasteiger partial charge in [0.05, 0.1) is 0 Å². The van der Waals surface area contributed by atoms with Crippen LogP contribution in [0.1, 0.15) is 24.8 Å². The second-order valence-electron chi connectivity index (χ2n) is 4.66. The number of halogens is 1. The molecule has 1 amide bonds. The molecule has 0 radical (unpaired) electrons. The quantitative estimate of drug-likeness (QED) is 0.911. The van der Waals surface area contributed by atoms with Crippen molar-refractivity contribution in [2.45, 2.75) is 25.8 Å². The molecule has 18 heavy (non-hydrogen) atoms. The molecule has 1 saturated heterocycles. The fraction of sp³-hybridized carbons (Fsp3) is 0.500. The normalized spacial score (nSPS) is 19.5. The van der Waals surface area contributed by atoms with Gasteiger partial charge in [-0.1, -0.05) is 29.8 Å². The molecule has 1 aromatic carbocycles. The monoisotopic (exact) mass is 267 g/mol. The molecule has 4 heteroatoms. The van der Waals surface area contributed by atoms with Crippen LogP contribution < -0.4 is 5.32 Å². The van der Waals surface area contributed by atoms with E-state index in [4.69, 9.17) is 16.3 Å². The largest absolute Gasteiger partial charge is 0.381 e. The van der Waals surface area contributed by atoms with E-state index in [9.17, 15) is 4.79 Å². The zero-order valence-electron chi connectivity index (χ0n) is 10.3. The van der Waals surface area contributed by atoms with E-state index >= 15 is 0 Å². The summed E-state index contributed by atoms with van der Waals surface area (Å²) in [5.74, 6) is 0.440. The first-order valence-electron chi connectivity index (χ1n) is 6.33. The first kappa shape index (κ1) is 13.4. The summed E-state index contributed by atoms with van der Waals surface area (Å²) in [6.45, 7) is 2.03. The van der Waals surface area contributed by atoms with Gasteiger partial charge in [-0.3, -0.25) is 4.79 Å². The summed E-state index contributed by atoms with van der Waals surface area (Å²) in [5, 5.41) is 3.60. The molecule has 0 aliphatic carbocycles. The van der Waals surface area contributed by atoms with Gasteiger partial charge in [-0.05, 0) is 30.4 Å². The Kier molecular flexibility index (Phi) is 5.02. The minimum absolute atomic E-state index is 0.0745. The van der Waals surface area contributed by atoms with E-state index < -0.39 is 0 Å². The Morgan fingerprint density at radius 1 is 1.44 bits per heavy atom. The van der Waals surface area contributed by atoms with Crippen LogP contribution in [0.15, 0.2) is 24.3 Å². The minimum atomic E-state index is 0.0745. The van der Waals surface area contributed by atoms with Gasteiger partial charge in [-0.25, -0.2) is 0 Å². The third kappa shape index (κ3) is 4.00. The van der Waals surface area contributed by atoms with E-state index in [1.807, 2.05) is 24.3 Å². The molecule has 1 heterocycles. The molecule has 1 aromatic rings. The summed E-state index contributed by atoms with van der Waals surface area (Å²) >= 11 is 6.03. The molecule has 3 nitrogen and oxygen atoms in total. The Bertz CT molecular complexity index is 403. The number of hydrogen-bond donors (Lipinski definition) is 1. The Balaban J connectivity index is 1.76. The number of rotatable bonds is 4. The van der Waals surface area contributed by atoms with Crippen molar-refractivity contribution < 1.29 is 9.53 Å². The van der Waals surface area contributed by atoms with Gasteiger partial charge >= 0.3 is 0 Å². The number of nitrogens with one attached hydrogen (secondary N) is 1. The third-order valence-corrected chi connectivity index (χ3v) is 3.53. The van der Waals surface area contributed by atoms with Crippen molar-refractivity contribution in [1.29, 1.82) is 0 Å². The zero-order valence-corrected chi connectivity index (χ0v) is 11.1. The van der Waals surface area contributed by atoms with Crippen LogP contribution >= 0.6 is 11.6 Å². The molecule has 98 valence electrons. The lowest BCUT2D eigenvalue weighted by Crippen LogP contribution is -2.28. The van der Waals surface area contributed by atoms with Crippen molar-refractivity contribution in [1.82, 2.24) is 5.32 Å². The van der Waals surface area contributed by atoms with Crippen molar-refractivity contribution >= 4 is 17.5 Å². The van der Waals surface area contributed by atoms with E-state index in [-0.39, 0.29) is 5.91 Å². The van der Waals surface area contributed by atoms with Crippen molar-refractivity contribution in [3.63, 3.8) is 0 Å². The molecule has 1 atom stereocenters. The first-order chi connectivity index (χ1) is 8.75. The van der Waals surface area contributed by atoms with Gasteiger partial charge in [-0.2, -0.15) is 0 Å². The second kappa shape index (κ2) is 6.76. The van der Waals surface area contributed by atoms with Gasteiger partial charge in [0, 0.05) is 31.2 Å². The number of carbonyl (C=O) groups is 1. The van der Waals surface area contributed by atoms with Crippen LogP contribution in [0.4, 0.5) is 0 Å². The number of carbonyl (C=O) groups excluding carboxylic acids is 1. The van der Waals surface area contributed by atoms with Crippen LogP contribution in [-0.4, -0.2) is 19.1 Å². The fourth-order valence-corrected chi connectivity index (χ4v) is 2.34. The highest BCUT2D eigenvalue weighted by Crippen LogP contribution is 2.17. The average Bonchev–Trinajstić information content (AvgIpc) is 2.39. The van der Waals surface area contributed by atoms with Gasteiger partial charge in [0.1, 0.15) is 0 Å². The summed E-state index contributed by atoms with van der Waals surface area (Å²) in [5.41, 5.74) is 0.951. The predicted molar refractivity (Wildman–Crippen MR) is 71.5 cm³/mol. The van der Waals surface area contributed by atoms with E-state index in [0.29, 0.717) is 30.5 Å². The maximum absolute atomic E-state index is 11.8. The fourth-order valence-electron chi connectivity index (χ4n) is 2.14. The molecule has 1 fully saturated rings. The minimum Gasteiger partial charge on any atom is -0.381 e. The van der Waals surface area contributed by atoms with Gasteiger partial charge in [0.15, 0.2) is 0 Å². The van der Waals surface area contributed by atoms with E-state index in [2.05, 4.69) is 5.32 Å². The summed E-state index contributed by atoms with van der Waals surface area (Å²) in [4.78, 5) is 11.8. The first-order valence-corrected chi connectivity index (χ1v) is 6.71. The maximum atomic E-state index is 11.8. The number of benzene rings is 1. The molecule has 0 spiro atoms. The molecular formula is C14H18ClNO2. The van der Waals surface area contributed by atoms with Gasteiger partial charge in [0.25, 0.3) is 0 Å². The molecule has 0 bridgehead atoms. The Morgan fingerprint density at radius 2 is 2.28 bits per heavy atom. The van der Waals surface area contributed by atoms with Crippen LogP contribution in [0.25, 0.3) is 0 Å². The van der Waals surface area contributed by atoms with E-state index in [0.717, 1.165) is 25.0 Å². The predicted octanol–water partition coefficient (Wildman–Crippen LogP) is 2.77. The van der Waals surface area contributed by atoms with Crippen molar-refractivity contribution in [2.24, 2.45) is 5.92 Å². The summed E-state index contributed by atoms with van der Waals surface area (Å²) in [6.07, 6.45) is 2.69. The maximum Gasteiger partial charge on any atom is 0.220 e. The topological polar surface area (TPSA) is 38.3 Å². The molecule has 0 aromatic heterocycles. The average molecular weight is 268 g/mol. The zero-order chi connectivity index (χ0) is 12.8. The molecule has 1 aliphatic heterocycles.